The summed E-state index contributed by atoms with van der Waals surface area (Å²) in [4.78, 5) is 1.14. The van der Waals surface area contributed by atoms with Gasteiger partial charge in [0.05, 0.1) is 26.4 Å². The summed E-state index contributed by atoms with van der Waals surface area (Å²) in [5.41, 5.74) is 6.05. The van der Waals surface area contributed by atoms with Gasteiger partial charge in [-0.25, -0.2) is 0 Å². The molecule has 2 aromatic rings. The summed E-state index contributed by atoms with van der Waals surface area (Å²) in [7, 11) is 8.24. The van der Waals surface area contributed by atoms with Crippen LogP contribution in [0.3, 0.4) is 0 Å². The molecule has 0 bridgehead atoms. The van der Waals surface area contributed by atoms with E-state index in [0.717, 1.165) is 16.0 Å². The molecular formula is C21H30O4S2. The van der Waals surface area contributed by atoms with Crippen molar-refractivity contribution < 1.29 is 18.9 Å². The largest absolute Gasteiger partial charge is 0.380 e. The summed E-state index contributed by atoms with van der Waals surface area (Å²) in [6.07, 6.45) is 0. The number of methoxy groups -OCH3 is 4. The van der Waals surface area contributed by atoms with Crippen LogP contribution in [0.4, 0.5) is 0 Å². The Bertz CT molecular complexity index is 629. The van der Waals surface area contributed by atoms with Gasteiger partial charge < -0.3 is 18.9 Å². The van der Waals surface area contributed by atoms with E-state index in [1.54, 1.807) is 28.4 Å². The fourth-order valence-corrected chi connectivity index (χ4v) is 3.85. The third-order valence-corrected chi connectivity index (χ3v) is 5.28. The molecular weight excluding hydrogens is 380 g/mol. The quantitative estimate of drug-likeness (QED) is 0.454. The second-order valence-corrected chi connectivity index (χ2v) is 7.07. The van der Waals surface area contributed by atoms with E-state index in [4.69, 9.17) is 18.9 Å². The van der Waals surface area contributed by atoms with Gasteiger partial charge >= 0.3 is 0 Å². The number of thiol groups is 1. The van der Waals surface area contributed by atoms with Gasteiger partial charge in [-0.05, 0) is 34.7 Å². The molecule has 27 heavy (non-hydrogen) atoms. The van der Waals surface area contributed by atoms with E-state index in [-0.39, 0.29) is 0 Å². The van der Waals surface area contributed by atoms with Crippen LogP contribution < -0.4 is 0 Å². The number of ether oxygens (including phenoxy) is 4. The monoisotopic (exact) mass is 410 g/mol. The van der Waals surface area contributed by atoms with Crippen LogP contribution in [-0.4, -0.2) is 28.4 Å². The molecule has 150 valence electrons. The number of hydrogen-bond acceptors (Lipinski definition) is 6. The van der Waals surface area contributed by atoms with Crippen LogP contribution in [0.1, 0.15) is 27.8 Å². The molecule has 0 unspecified atom stereocenters. The second-order valence-electron chi connectivity index (χ2n) is 5.93. The minimum atomic E-state index is 0.612. The highest BCUT2D eigenvalue weighted by Crippen LogP contribution is 2.30. The summed E-state index contributed by atoms with van der Waals surface area (Å²) < 4.78 is 20.4. The highest BCUT2D eigenvalue weighted by molar-refractivity contribution is 8.68. The van der Waals surface area contributed by atoms with Gasteiger partial charge in [-0.15, -0.1) is 11.7 Å². The van der Waals surface area contributed by atoms with Crippen molar-refractivity contribution in [2.24, 2.45) is 0 Å². The van der Waals surface area contributed by atoms with E-state index >= 15 is 0 Å². The van der Waals surface area contributed by atoms with E-state index in [9.17, 15) is 0 Å². The molecule has 2 aromatic carbocycles. The molecule has 0 radical (unpaired) electrons. The molecule has 2 rings (SSSR count). The van der Waals surface area contributed by atoms with Crippen molar-refractivity contribution in [1.29, 1.82) is 0 Å². The van der Waals surface area contributed by atoms with Crippen molar-refractivity contribution in [2.75, 3.05) is 28.4 Å². The van der Waals surface area contributed by atoms with E-state index in [0.29, 0.717) is 26.4 Å². The van der Waals surface area contributed by atoms with Crippen LogP contribution in [0.25, 0.3) is 0 Å². The normalized spacial score (nSPS) is 10.4. The Morgan fingerprint density at radius 3 is 1.33 bits per heavy atom. The topological polar surface area (TPSA) is 36.9 Å². The first-order valence-corrected chi connectivity index (χ1v) is 10.4. The lowest BCUT2D eigenvalue weighted by Gasteiger charge is -2.10. The van der Waals surface area contributed by atoms with Gasteiger partial charge in [0.25, 0.3) is 0 Å². The van der Waals surface area contributed by atoms with Crippen molar-refractivity contribution in [3.63, 3.8) is 0 Å². The minimum Gasteiger partial charge on any atom is -0.380 e. The maximum Gasteiger partial charge on any atom is 0.0724 e. The lowest BCUT2D eigenvalue weighted by atomic mass is 10.0. The average Bonchev–Trinajstić information content (AvgIpc) is 2.67. The Morgan fingerprint density at radius 2 is 1.00 bits per heavy atom. The molecule has 0 N–H and O–H groups in total. The van der Waals surface area contributed by atoms with Gasteiger partial charge in [-0.1, -0.05) is 47.2 Å². The maximum atomic E-state index is 5.12. The molecule has 0 spiro atoms. The van der Waals surface area contributed by atoms with Gasteiger partial charge in [0.1, 0.15) is 0 Å². The maximum absolute atomic E-state index is 5.12. The summed E-state index contributed by atoms with van der Waals surface area (Å²) >= 11 is 4.24. The molecule has 0 atom stereocenters. The van der Waals surface area contributed by atoms with Crippen LogP contribution in [0.5, 0.6) is 0 Å². The van der Waals surface area contributed by atoms with Crippen molar-refractivity contribution in [2.45, 2.75) is 38.2 Å². The molecule has 0 saturated carbocycles. The van der Waals surface area contributed by atoms with Crippen LogP contribution >= 0.6 is 22.5 Å². The van der Waals surface area contributed by atoms with Crippen LogP contribution in [0, 0.1) is 6.92 Å². The molecule has 0 fully saturated rings. The smallest absolute Gasteiger partial charge is 0.0724 e. The van der Waals surface area contributed by atoms with Crippen molar-refractivity contribution in [3.05, 3.63) is 64.2 Å². The van der Waals surface area contributed by atoms with E-state index in [1.807, 2.05) is 24.3 Å². The van der Waals surface area contributed by atoms with Gasteiger partial charge in [0.15, 0.2) is 0 Å². The zero-order valence-corrected chi connectivity index (χ0v) is 18.5. The molecule has 0 heterocycles. The molecule has 6 heteroatoms. The summed E-state index contributed by atoms with van der Waals surface area (Å²) in [6.45, 7) is 4.66. The van der Waals surface area contributed by atoms with E-state index < -0.39 is 0 Å². The highest BCUT2D eigenvalue weighted by Gasteiger charge is 2.07. The third-order valence-electron chi connectivity index (χ3n) is 4.03. The standard InChI is InChI=1S/C11H16O2.C10H14O2S2/c1-9-10(7-12-2)5-4-6-11(9)8-13-3;1-11-6-8-4-3-5-9(7-12-2)10(8)14-13/h4-6H,7-8H2,1-3H3;3-5,13H,6-7H2,1-2H3. The zero-order chi connectivity index (χ0) is 20.1. The van der Waals surface area contributed by atoms with E-state index in [2.05, 4.69) is 30.7 Å². The first-order chi connectivity index (χ1) is 13.1. The zero-order valence-electron chi connectivity index (χ0n) is 16.8. The molecule has 0 amide bonds. The Hall–Kier alpha value is -1.02. The first-order valence-electron chi connectivity index (χ1n) is 8.58. The first kappa shape index (κ1) is 24.0. The van der Waals surface area contributed by atoms with Gasteiger partial charge in [-0.2, -0.15) is 0 Å². The Balaban J connectivity index is 0.000000271. The van der Waals surface area contributed by atoms with Crippen molar-refractivity contribution in [3.8, 4) is 0 Å². The van der Waals surface area contributed by atoms with Gasteiger partial charge in [0, 0.05) is 33.3 Å². The molecule has 0 aromatic heterocycles. The predicted octanol–water partition coefficient (Wildman–Crippen LogP) is 5.20. The number of hydrogen-bond donors (Lipinski definition) is 1. The van der Waals surface area contributed by atoms with Gasteiger partial charge in [-0.3, -0.25) is 0 Å². The fraction of sp³-hybridized carbons (Fsp3) is 0.429. The minimum absolute atomic E-state index is 0.612. The van der Waals surface area contributed by atoms with Crippen molar-refractivity contribution in [1.82, 2.24) is 0 Å². The Morgan fingerprint density at radius 1 is 0.667 bits per heavy atom. The summed E-state index contributed by atoms with van der Waals surface area (Å²) in [5, 5.41) is 0. The SMILES string of the molecule is COCc1cccc(COC)c1C.COCc1cccc(COC)c1SS. The molecule has 0 aliphatic carbocycles. The van der Waals surface area contributed by atoms with Crippen LogP contribution in [0.15, 0.2) is 41.3 Å². The average molecular weight is 411 g/mol. The Kier molecular flexibility index (Phi) is 12.5. The van der Waals surface area contributed by atoms with Crippen LogP contribution in [0.2, 0.25) is 0 Å². The lowest BCUT2D eigenvalue weighted by Crippen LogP contribution is -1.97. The molecule has 4 nitrogen and oxygen atoms in total. The number of benzene rings is 2. The lowest BCUT2D eigenvalue weighted by molar-refractivity contribution is 0.176. The van der Waals surface area contributed by atoms with Gasteiger partial charge in [0.2, 0.25) is 0 Å². The highest BCUT2D eigenvalue weighted by atomic mass is 33.1. The fourth-order valence-electron chi connectivity index (χ4n) is 2.65. The molecule has 0 saturated heterocycles. The molecule has 0 aliphatic heterocycles. The predicted molar refractivity (Wildman–Crippen MR) is 115 cm³/mol. The molecule has 0 aliphatic rings. The Labute approximate surface area is 172 Å². The third kappa shape index (κ3) is 7.86. The van der Waals surface area contributed by atoms with Crippen molar-refractivity contribution >= 4 is 22.5 Å². The number of rotatable bonds is 9. The second kappa shape index (κ2) is 14.0. The van der Waals surface area contributed by atoms with E-state index in [1.165, 1.54) is 27.5 Å². The summed E-state index contributed by atoms with van der Waals surface area (Å²) in [6, 6.07) is 12.3. The summed E-state index contributed by atoms with van der Waals surface area (Å²) in [5.74, 6) is 0. The van der Waals surface area contributed by atoms with Crippen LogP contribution in [-0.2, 0) is 45.4 Å².